The Morgan fingerprint density at radius 1 is 1.10 bits per heavy atom. The average Bonchev–Trinajstić information content (AvgIpc) is 2.97. The van der Waals surface area contributed by atoms with Gasteiger partial charge in [0, 0.05) is 12.1 Å². The molecule has 1 N–H and O–H groups in total. The van der Waals surface area contributed by atoms with Crippen LogP contribution in [0.15, 0.2) is 18.2 Å². The van der Waals surface area contributed by atoms with E-state index in [-0.39, 0.29) is 0 Å². The number of ether oxygens (including phenoxy) is 2. The number of fused-ring (bicyclic) bond motifs is 1. The minimum Gasteiger partial charge on any atom is -0.454 e. The molecule has 1 aromatic rings. The number of hydrogen-bond donors (Lipinski definition) is 1. The number of para-hydroxylation sites is 1. The van der Waals surface area contributed by atoms with Gasteiger partial charge in [-0.05, 0) is 51.5 Å². The van der Waals surface area contributed by atoms with Gasteiger partial charge in [0.2, 0.25) is 6.79 Å². The molecular formula is C16H24N2O2. The molecule has 4 nitrogen and oxygen atoms in total. The maximum Gasteiger partial charge on any atom is 0.231 e. The standard InChI is InChI=1S/C16H24N2O2/c1-2-9-18(10-3-1)11-5-8-17-12-14-6-4-7-15-16(14)20-13-19-15/h4,6-7,17H,1-3,5,8-13H2. The second-order valence-electron chi connectivity index (χ2n) is 5.58. The molecule has 3 rings (SSSR count). The van der Waals surface area contributed by atoms with Crippen molar-refractivity contribution >= 4 is 0 Å². The molecule has 0 bridgehead atoms. The molecule has 110 valence electrons. The van der Waals surface area contributed by atoms with E-state index in [1.807, 2.05) is 12.1 Å². The SMILES string of the molecule is c1cc(CNCCCN2CCCCC2)c2c(c1)OCO2. The van der Waals surface area contributed by atoms with Crippen LogP contribution in [-0.2, 0) is 6.54 Å². The highest BCUT2D eigenvalue weighted by Gasteiger charge is 2.16. The molecule has 4 heteroatoms. The lowest BCUT2D eigenvalue weighted by Crippen LogP contribution is -2.32. The number of hydrogen-bond acceptors (Lipinski definition) is 4. The van der Waals surface area contributed by atoms with Crippen molar-refractivity contribution in [2.75, 3.05) is 33.0 Å². The highest BCUT2D eigenvalue weighted by atomic mass is 16.7. The van der Waals surface area contributed by atoms with Crippen LogP contribution in [0.1, 0.15) is 31.2 Å². The molecule has 0 amide bonds. The summed E-state index contributed by atoms with van der Waals surface area (Å²) < 4.78 is 10.9. The molecule has 1 fully saturated rings. The zero-order valence-electron chi connectivity index (χ0n) is 12.1. The molecule has 0 aromatic heterocycles. The third-order valence-corrected chi connectivity index (χ3v) is 4.07. The first kappa shape index (κ1) is 13.7. The summed E-state index contributed by atoms with van der Waals surface area (Å²) in [5, 5.41) is 3.51. The maximum absolute atomic E-state index is 5.51. The fraction of sp³-hybridized carbons (Fsp3) is 0.625. The van der Waals surface area contributed by atoms with E-state index < -0.39 is 0 Å². The molecule has 20 heavy (non-hydrogen) atoms. The number of nitrogens with one attached hydrogen (secondary N) is 1. The molecule has 0 unspecified atom stereocenters. The predicted octanol–water partition coefficient (Wildman–Crippen LogP) is 2.38. The zero-order chi connectivity index (χ0) is 13.6. The van der Waals surface area contributed by atoms with Crippen molar-refractivity contribution in [2.24, 2.45) is 0 Å². The Labute approximate surface area is 121 Å². The largest absolute Gasteiger partial charge is 0.454 e. The predicted molar refractivity (Wildman–Crippen MR) is 79.2 cm³/mol. The van der Waals surface area contributed by atoms with Crippen LogP contribution in [0.4, 0.5) is 0 Å². The van der Waals surface area contributed by atoms with Gasteiger partial charge in [0.1, 0.15) is 0 Å². The van der Waals surface area contributed by atoms with Crippen LogP contribution in [0.2, 0.25) is 0 Å². The Balaban J connectivity index is 1.37. The van der Waals surface area contributed by atoms with E-state index >= 15 is 0 Å². The first-order valence-electron chi connectivity index (χ1n) is 7.74. The fourth-order valence-electron chi connectivity index (χ4n) is 2.96. The minimum absolute atomic E-state index is 0.349. The Bertz CT molecular complexity index is 430. The number of piperidine rings is 1. The monoisotopic (exact) mass is 276 g/mol. The van der Waals surface area contributed by atoms with Crippen LogP contribution in [-0.4, -0.2) is 37.9 Å². The van der Waals surface area contributed by atoms with Gasteiger partial charge in [0.05, 0.1) is 0 Å². The summed E-state index contributed by atoms with van der Waals surface area (Å²) in [6, 6.07) is 6.09. The van der Waals surface area contributed by atoms with Crippen molar-refractivity contribution in [3.05, 3.63) is 23.8 Å². The van der Waals surface area contributed by atoms with Gasteiger partial charge in [-0.15, -0.1) is 0 Å². The van der Waals surface area contributed by atoms with E-state index in [1.54, 1.807) is 0 Å². The van der Waals surface area contributed by atoms with Crippen LogP contribution in [0.3, 0.4) is 0 Å². The quantitative estimate of drug-likeness (QED) is 0.809. The normalized spacial score (nSPS) is 18.4. The summed E-state index contributed by atoms with van der Waals surface area (Å²) in [6.45, 7) is 6.06. The van der Waals surface area contributed by atoms with Crippen LogP contribution < -0.4 is 14.8 Å². The van der Waals surface area contributed by atoms with Crippen LogP contribution >= 0.6 is 0 Å². The zero-order valence-corrected chi connectivity index (χ0v) is 12.1. The smallest absolute Gasteiger partial charge is 0.231 e. The van der Waals surface area contributed by atoms with Crippen LogP contribution in [0, 0.1) is 0 Å². The summed E-state index contributed by atoms with van der Waals surface area (Å²) in [5.41, 5.74) is 1.19. The molecule has 0 radical (unpaired) electrons. The number of benzene rings is 1. The molecule has 0 atom stereocenters. The van der Waals surface area contributed by atoms with E-state index in [2.05, 4.69) is 16.3 Å². The Hall–Kier alpha value is -1.26. The molecule has 1 saturated heterocycles. The first-order chi connectivity index (χ1) is 9.93. The maximum atomic E-state index is 5.51. The molecule has 0 spiro atoms. The Kier molecular flexibility index (Phi) is 4.77. The second-order valence-corrected chi connectivity index (χ2v) is 5.58. The van der Waals surface area contributed by atoms with E-state index in [0.29, 0.717) is 6.79 Å². The Morgan fingerprint density at radius 2 is 2.00 bits per heavy atom. The molecule has 1 aromatic carbocycles. The van der Waals surface area contributed by atoms with Crippen LogP contribution in [0.25, 0.3) is 0 Å². The van der Waals surface area contributed by atoms with Crippen LogP contribution in [0.5, 0.6) is 11.5 Å². The fourth-order valence-corrected chi connectivity index (χ4v) is 2.96. The first-order valence-corrected chi connectivity index (χ1v) is 7.74. The molecule has 2 aliphatic heterocycles. The van der Waals surface area contributed by atoms with Gasteiger partial charge < -0.3 is 19.7 Å². The van der Waals surface area contributed by atoms with E-state index in [0.717, 1.165) is 24.6 Å². The van der Waals surface area contributed by atoms with Gasteiger partial charge >= 0.3 is 0 Å². The van der Waals surface area contributed by atoms with Gasteiger partial charge in [0.15, 0.2) is 11.5 Å². The highest BCUT2D eigenvalue weighted by Crippen LogP contribution is 2.35. The third kappa shape index (κ3) is 3.44. The van der Waals surface area contributed by atoms with E-state index in [1.165, 1.54) is 50.9 Å². The number of likely N-dealkylation sites (tertiary alicyclic amines) is 1. The molecule has 0 aliphatic carbocycles. The van der Waals surface area contributed by atoms with Crippen molar-refractivity contribution < 1.29 is 9.47 Å². The summed E-state index contributed by atoms with van der Waals surface area (Å²) in [7, 11) is 0. The van der Waals surface area contributed by atoms with Crippen molar-refractivity contribution in [1.82, 2.24) is 10.2 Å². The van der Waals surface area contributed by atoms with Gasteiger partial charge in [-0.1, -0.05) is 18.6 Å². The van der Waals surface area contributed by atoms with Gasteiger partial charge in [-0.2, -0.15) is 0 Å². The summed E-state index contributed by atoms with van der Waals surface area (Å²) in [6.07, 6.45) is 5.38. The van der Waals surface area contributed by atoms with Gasteiger partial charge in [-0.25, -0.2) is 0 Å². The summed E-state index contributed by atoms with van der Waals surface area (Å²) >= 11 is 0. The average molecular weight is 276 g/mol. The van der Waals surface area contributed by atoms with Gasteiger partial charge in [0.25, 0.3) is 0 Å². The van der Waals surface area contributed by atoms with Gasteiger partial charge in [-0.3, -0.25) is 0 Å². The van der Waals surface area contributed by atoms with Crippen molar-refractivity contribution in [3.8, 4) is 11.5 Å². The van der Waals surface area contributed by atoms with E-state index in [4.69, 9.17) is 9.47 Å². The lowest BCUT2D eigenvalue weighted by molar-refractivity contribution is 0.173. The third-order valence-electron chi connectivity index (χ3n) is 4.07. The second kappa shape index (κ2) is 6.95. The summed E-state index contributed by atoms with van der Waals surface area (Å²) in [5.74, 6) is 1.79. The molecule has 2 heterocycles. The molecule has 0 saturated carbocycles. The lowest BCUT2D eigenvalue weighted by atomic mass is 10.1. The lowest BCUT2D eigenvalue weighted by Gasteiger charge is -2.26. The van der Waals surface area contributed by atoms with E-state index in [9.17, 15) is 0 Å². The highest BCUT2D eigenvalue weighted by molar-refractivity contribution is 5.48. The molecule has 2 aliphatic rings. The van der Waals surface area contributed by atoms with Crippen molar-refractivity contribution in [3.63, 3.8) is 0 Å². The minimum atomic E-state index is 0.349. The topological polar surface area (TPSA) is 33.7 Å². The number of rotatable bonds is 6. The Morgan fingerprint density at radius 3 is 2.90 bits per heavy atom. The summed E-state index contributed by atoms with van der Waals surface area (Å²) in [4.78, 5) is 2.59. The number of nitrogens with zero attached hydrogens (tertiary/aromatic N) is 1. The van der Waals surface area contributed by atoms with Crippen molar-refractivity contribution in [1.29, 1.82) is 0 Å². The van der Waals surface area contributed by atoms with Crippen molar-refractivity contribution in [2.45, 2.75) is 32.2 Å². The molecular weight excluding hydrogens is 252 g/mol.